The monoisotopic (exact) mass is 557 g/mol. The highest BCUT2D eigenvalue weighted by atomic mass is 16.6. The van der Waals surface area contributed by atoms with Crippen molar-refractivity contribution in [1.82, 2.24) is 5.01 Å². The van der Waals surface area contributed by atoms with E-state index in [1.165, 1.54) is 23.2 Å². The molecule has 2 aliphatic rings. The van der Waals surface area contributed by atoms with Crippen LogP contribution < -0.4 is 18.9 Å². The number of carbonyl (C=O) groups excluding carboxylic acids is 1. The molecule has 3 aromatic carbocycles. The van der Waals surface area contributed by atoms with Crippen LogP contribution in [0, 0.1) is 16.0 Å². The van der Waals surface area contributed by atoms with Crippen molar-refractivity contribution in [3.8, 4) is 23.0 Å². The number of ether oxygens (including phenoxy) is 4. The topological polar surface area (TPSA) is 113 Å². The van der Waals surface area contributed by atoms with Gasteiger partial charge in [0.1, 0.15) is 0 Å². The number of non-ortho nitro benzene ring substituents is 1. The summed E-state index contributed by atoms with van der Waals surface area (Å²) in [4.78, 5) is 24.8. The zero-order valence-corrected chi connectivity index (χ0v) is 23.3. The molecule has 3 aromatic rings. The van der Waals surface area contributed by atoms with Gasteiger partial charge in [0.25, 0.3) is 11.6 Å². The molecule has 41 heavy (non-hydrogen) atoms. The third kappa shape index (κ3) is 5.32. The molecule has 1 heterocycles. The number of amides is 1. The molecule has 1 saturated carbocycles. The lowest BCUT2D eigenvalue weighted by molar-refractivity contribution is -0.384. The number of hydrogen-bond acceptors (Lipinski definition) is 8. The Morgan fingerprint density at radius 2 is 1.61 bits per heavy atom. The number of rotatable bonds is 8. The van der Waals surface area contributed by atoms with Gasteiger partial charge in [-0.2, -0.15) is 5.10 Å². The quantitative estimate of drug-likeness (QED) is 0.244. The van der Waals surface area contributed by atoms with Crippen molar-refractivity contribution in [2.45, 2.75) is 25.3 Å². The number of allylic oxidation sites excluding steroid dienone is 1. The average molecular weight is 558 g/mol. The minimum absolute atomic E-state index is 0.0871. The molecule has 0 bridgehead atoms. The predicted molar refractivity (Wildman–Crippen MR) is 154 cm³/mol. The van der Waals surface area contributed by atoms with E-state index in [1.54, 1.807) is 34.5 Å². The normalized spacial score (nSPS) is 18.9. The summed E-state index contributed by atoms with van der Waals surface area (Å²) in [5.74, 6) is 1.87. The van der Waals surface area contributed by atoms with E-state index in [1.807, 2.05) is 36.4 Å². The fourth-order valence-electron chi connectivity index (χ4n) is 5.57. The molecule has 1 aliphatic heterocycles. The molecular weight excluding hydrogens is 526 g/mol. The number of benzene rings is 3. The lowest BCUT2D eigenvalue weighted by Crippen LogP contribution is -2.32. The number of hydrogen-bond donors (Lipinski definition) is 0. The lowest BCUT2D eigenvalue weighted by atomic mass is 9.77. The van der Waals surface area contributed by atoms with Crippen molar-refractivity contribution < 1.29 is 28.7 Å². The summed E-state index contributed by atoms with van der Waals surface area (Å²) in [6, 6.07) is 16.6. The number of fused-ring (bicyclic) bond motifs is 1. The van der Waals surface area contributed by atoms with E-state index in [0.29, 0.717) is 23.0 Å². The molecule has 1 amide bonds. The smallest absolute Gasteiger partial charge is 0.274 e. The Kier molecular flexibility index (Phi) is 7.91. The molecule has 5 rings (SSSR count). The van der Waals surface area contributed by atoms with Crippen LogP contribution in [0.25, 0.3) is 6.08 Å². The fraction of sp³-hybridized carbons (Fsp3) is 0.290. The molecule has 10 heteroatoms. The first-order valence-corrected chi connectivity index (χ1v) is 13.2. The first-order chi connectivity index (χ1) is 19.9. The minimum Gasteiger partial charge on any atom is -0.493 e. The summed E-state index contributed by atoms with van der Waals surface area (Å²) in [5.41, 5.74) is 3.64. The molecule has 0 radical (unpaired) electrons. The number of nitrogens with zero attached hydrogens (tertiary/aromatic N) is 3. The van der Waals surface area contributed by atoms with Gasteiger partial charge < -0.3 is 18.9 Å². The third-order valence-corrected chi connectivity index (χ3v) is 7.51. The van der Waals surface area contributed by atoms with Crippen LogP contribution in [0.3, 0.4) is 0 Å². The Bertz CT molecular complexity index is 1550. The van der Waals surface area contributed by atoms with Gasteiger partial charge in [0.05, 0.1) is 45.1 Å². The van der Waals surface area contributed by atoms with E-state index in [4.69, 9.17) is 24.0 Å². The fourth-order valence-corrected chi connectivity index (χ4v) is 5.57. The predicted octanol–water partition coefficient (Wildman–Crippen LogP) is 6.07. The Morgan fingerprint density at radius 1 is 0.927 bits per heavy atom. The molecule has 0 unspecified atom stereocenters. The minimum atomic E-state index is -0.512. The highest BCUT2D eigenvalue weighted by Crippen LogP contribution is 2.46. The summed E-state index contributed by atoms with van der Waals surface area (Å²) in [5, 5.41) is 17.8. The van der Waals surface area contributed by atoms with Gasteiger partial charge in [-0.05, 0) is 72.4 Å². The maximum atomic E-state index is 13.9. The van der Waals surface area contributed by atoms with Gasteiger partial charge in [0.15, 0.2) is 23.0 Å². The first-order valence-electron chi connectivity index (χ1n) is 13.2. The number of carbonyl (C=O) groups is 1. The van der Waals surface area contributed by atoms with Gasteiger partial charge >= 0.3 is 0 Å². The molecule has 1 fully saturated rings. The van der Waals surface area contributed by atoms with Crippen LogP contribution in [0.5, 0.6) is 23.0 Å². The van der Waals surface area contributed by atoms with Crippen molar-refractivity contribution in [3.05, 3.63) is 93.0 Å². The lowest BCUT2D eigenvalue weighted by Gasteiger charge is -2.30. The maximum Gasteiger partial charge on any atom is 0.274 e. The van der Waals surface area contributed by atoms with Crippen molar-refractivity contribution in [1.29, 1.82) is 0 Å². The van der Waals surface area contributed by atoms with Crippen LogP contribution in [-0.4, -0.2) is 50.0 Å². The maximum absolute atomic E-state index is 13.9. The van der Waals surface area contributed by atoms with Crippen molar-refractivity contribution in [2.75, 3.05) is 28.4 Å². The van der Waals surface area contributed by atoms with E-state index >= 15 is 0 Å². The third-order valence-electron chi connectivity index (χ3n) is 7.51. The molecular formula is C31H31N3O7. The Hall–Kier alpha value is -4.86. The molecule has 0 spiro atoms. The van der Waals surface area contributed by atoms with Crippen LogP contribution in [-0.2, 0) is 0 Å². The number of nitro benzene ring substituents is 1. The van der Waals surface area contributed by atoms with Crippen LogP contribution in [0.1, 0.15) is 46.8 Å². The summed E-state index contributed by atoms with van der Waals surface area (Å²) < 4.78 is 21.9. The Balaban J connectivity index is 1.60. The zero-order valence-electron chi connectivity index (χ0n) is 23.3. The summed E-state index contributed by atoms with van der Waals surface area (Å²) in [7, 11) is 6.32. The molecule has 212 valence electrons. The number of methoxy groups -OCH3 is 4. The van der Waals surface area contributed by atoms with Crippen LogP contribution in [0.15, 0.2) is 71.3 Å². The van der Waals surface area contributed by atoms with E-state index in [2.05, 4.69) is 6.08 Å². The number of hydrazone groups is 1. The second-order valence-corrected chi connectivity index (χ2v) is 9.78. The van der Waals surface area contributed by atoms with Crippen LogP contribution in [0.4, 0.5) is 5.69 Å². The molecule has 0 N–H and O–H groups in total. The average Bonchev–Trinajstić information content (AvgIpc) is 3.40. The zero-order chi connectivity index (χ0) is 29.1. The highest BCUT2D eigenvalue weighted by molar-refractivity contribution is 6.09. The van der Waals surface area contributed by atoms with Crippen LogP contribution >= 0.6 is 0 Å². The van der Waals surface area contributed by atoms with Gasteiger partial charge in [-0.15, -0.1) is 0 Å². The van der Waals surface area contributed by atoms with Gasteiger partial charge in [-0.1, -0.05) is 18.2 Å². The van der Waals surface area contributed by atoms with E-state index in [9.17, 15) is 14.9 Å². The second kappa shape index (κ2) is 11.7. The van der Waals surface area contributed by atoms with Crippen molar-refractivity contribution in [3.63, 3.8) is 0 Å². The van der Waals surface area contributed by atoms with E-state index in [0.717, 1.165) is 41.7 Å². The summed E-state index contributed by atoms with van der Waals surface area (Å²) in [6.45, 7) is 0. The Morgan fingerprint density at radius 3 is 2.29 bits per heavy atom. The summed E-state index contributed by atoms with van der Waals surface area (Å²) >= 11 is 0. The SMILES string of the molecule is COc1ccc(/C=C2\CCC[C@H]3C2=NN(C(=O)c2cccc([N+](=O)[O-])c2)[C@@H]3c2ccc(OC)c(OC)c2)cc1OC. The van der Waals surface area contributed by atoms with Gasteiger partial charge in [-0.3, -0.25) is 14.9 Å². The van der Waals surface area contributed by atoms with Crippen molar-refractivity contribution in [2.24, 2.45) is 11.0 Å². The molecule has 2 atom stereocenters. The largest absolute Gasteiger partial charge is 0.493 e. The molecule has 0 aromatic heterocycles. The van der Waals surface area contributed by atoms with E-state index < -0.39 is 16.9 Å². The van der Waals surface area contributed by atoms with Crippen molar-refractivity contribution >= 4 is 23.4 Å². The molecule has 10 nitrogen and oxygen atoms in total. The molecule has 1 aliphatic carbocycles. The molecule has 0 saturated heterocycles. The Labute approximate surface area is 237 Å². The first kappa shape index (κ1) is 27.7. The number of nitro groups is 1. The van der Waals surface area contributed by atoms with Crippen LogP contribution in [0.2, 0.25) is 0 Å². The summed E-state index contributed by atoms with van der Waals surface area (Å²) in [6.07, 6.45) is 4.59. The van der Waals surface area contributed by atoms with E-state index in [-0.39, 0.29) is 17.2 Å². The van der Waals surface area contributed by atoms with Gasteiger partial charge in [0, 0.05) is 23.6 Å². The standard InChI is InChI=1S/C31H31N3O7/c1-38-25-13-11-19(16-27(25)40-3)15-20-7-6-10-24-29(20)32-33(31(35)22-8-5-9-23(17-22)34(36)37)30(24)21-12-14-26(39-2)28(18-21)41-4/h5,8-9,11-18,24,30H,6-7,10H2,1-4H3/b20-15+/t24-,30+/m0/s1. The second-order valence-electron chi connectivity index (χ2n) is 9.78. The van der Waals surface area contributed by atoms with Gasteiger partial charge in [-0.25, -0.2) is 5.01 Å². The van der Waals surface area contributed by atoms with Gasteiger partial charge in [0.2, 0.25) is 0 Å². The highest BCUT2D eigenvalue weighted by Gasteiger charge is 2.44.